The van der Waals surface area contributed by atoms with Crippen LogP contribution >= 0.6 is 24.8 Å². The van der Waals surface area contributed by atoms with Gasteiger partial charge in [0.25, 0.3) is 0 Å². The van der Waals surface area contributed by atoms with Crippen LogP contribution in [0.1, 0.15) is 62.6 Å². The summed E-state index contributed by atoms with van der Waals surface area (Å²) in [5, 5.41) is 5.54. The molecule has 0 aliphatic carbocycles. The average molecular weight is 731 g/mol. The van der Waals surface area contributed by atoms with Crippen LogP contribution in [0, 0.1) is 21.8 Å². The molecule has 0 amide bonds. The van der Waals surface area contributed by atoms with Gasteiger partial charge < -0.3 is 14.9 Å². The third-order valence-electron chi connectivity index (χ3n) is 7.84. The van der Waals surface area contributed by atoms with E-state index in [4.69, 9.17) is 0 Å². The van der Waals surface area contributed by atoms with E-state index in [1.54, 1.807) is 0 Å². The summed E-state index contributed by atoms with van der Waals surface area (Å²) >= 11 is 1.36. The first-order valence-electron chi connectivity index (χ1n) is 14.8. The molecule has 0 aliphatic rings. The van der Waals surface area contributed by atoms with Crippen molar-refractivity contribution in [3.63, 3.8) is 0 Å². The van der Waals surface area contributed by atoms with Crippen molar-refractivity contribution in [2.75, 3.05) is 0 Å². The van der Waals surface area contributed by atoms with E-state index in [1.807, 2.05) is 0 Å². The summed E-state index contributed by atoms with van der Waals surface area (Å²) in [5.41, 5.74) is 9.60. The molecule has 4 heteroatoms. The van der Waals surface area contributed by atoms with Crippen LogP contribution in [0.4, 0.5) is 0 Å². The Balaban J connectivity index is 0.000000758. The zero-order valence-corrected chi connectivity index (χ0v) is 32.8. The van der Waals surface area contributed by atoms with Gasteiger partial charge in [-0.15, -0.1) is 93.4 Å². The Morgan fingerprint density at radius 3 is 1.80 bits per heavy atom. The van der Waals surface area contributed by atoms with Crippen molar-refractivity contribution in [3.05, 3.63) is 147 Å². The van der Waals surface area contributed by atoms with E-state index in [0.29, 0.717) is 5.92 Å². The van der Waals surface area contributed by atoms with Crippen LogP contribution in [-0.4, -0.2) is 6.88 Å². The summed E-state index contributed by atoms with van der Waals surface area (Å²) in [5.74, 6) is 0.584. The van der Waals surface area contributed by atoms with Crippen LogP contribution in [0.15, 0.2) is 115 Å². The fourth-order valence-corrected chi connectivity index (χ4v) is 5.56. The Morgan fingerprint density at radius 1 is 0.667 bits per heavy atom. The number of unbranched alkanes of at least 4 members (excludes halogenated alkanes) is 2. The summed E-state index contributed by atoms with van der Waals surface area (Å²) < 4.78 is 0. The van der Waals surface area contributed by atoms with Crippen LogP contribution in [0.25, 0.3) is 43.8 Å². The van der Waals surface area contributed by atoms with Gasteiger partial charge in [0.2, 0.25) is 0 Å². The number of hydrogen-bond donors (Lipinski definition) is 0. The van der Waals surface area contributed by atoms with Gasteiger partial charge in [-0.1, -0.05) is 131 Å². The predicted octanol–water partition coefficient (Wildman–Crippen LogP) is 13.0. The van der Waals surface area contributed by atoms with E-state index in [0.717, 1.165) is 0 Å². The van der Waals surface area contributed by atoms with Crippen LogP contribution in [-0.2, 0) is 29.8 Å². The van der Waals surface area contributed by atoms with Crippen LogP contribution in [0.5, 0.6) is 0 Å². The Kier molecular flexibility index (Phi) is 20.5. The molecular weight excluding hydrogens is 683 g/mol. The first-order chi connectivity index (χ1) is 20.0. The van der Waals surface area contributed by atoms with Gasteiger partial charge in [0.05, 0.1) is 0 Å². The van der Waals surface area contributed by atoms with Crippen molar-refractivity contribution >= 4 is 53.2 Å². The Bertz CT molecular complexity index is 1670. The summed E-state index contributed by atoms with van der Waals surface area (Å²) in [7, 11) is 0. The normalized spacial score (nSPS) is 9.78. The minimum atomic E-state index is 0. The summed E-state index contributed by atoms with van der Waals surface area (Å²) in [4.78, 5) is 0. The number of halogens is 2. The van der Waals surface area contributed by atoms with Gasteiger partial charge in [-0.25, -0.2) is 0 Å². The van der Waals surface area contributed by atoms with Gasteiger partial charge in [0.1, 0.15) is 0 Å². The number of hydrogen-bond acceptors (Lipinski definition) is 0. The molecule has 6 rings (SSSR count). The molecule has 0 spiro atoms. The quantitative estimate of drug-likeness (QED) is 0.0872. The molecule has 0 heterocycles. The first-order valence-corrected chi connectivity index (χ1v) is 19.0. The van der Waals surface area contributed by atoms with E-state index in [1.165, 1.54) is 110 Å². The van der Waals surface area contributed by atoms with E-state index < -0.39 is 0 Å². The van der Waals surface area contributed by atoms with E-state index in [9.17, 15) is 0 Å². The molecule has 6 aromatic rings. The van der Waals surface area contributed by atoms with Crippen molar-refractivity contribution in [2.45, 2.75) is 59.3 Å². The molecule has 0 unspecified atom stereocenters. The molecule has 0 saturated heterocycles. The fraction of sp³-hybridized carbons (Fsp3) is 0.220. The van der Waals surface area contributed by atoms with Crippen molar-refractivity contribution in [2.24, 2.45) is 0 Å². The monoisotopic (exact) mass is 728 g/mol. The van der Waals surface area contributed by atoms with Gasteiger partial charge >= 0.3 is 30.2 Å². The first kappa shape index (κ1) is 42.8. The van der Waals surface area contributed by atoms with E-state index in [-0.39, 0.29) is 39.7 Å². The van der Waals surface area contributed by atoms with Crippen molar-refractivity contribution in [1.29, 1.82) is 0 Å². The number of aryl methyl sites for hydroxylation is 2. The Morgan fingerprint density at radius 2 is 1.24 bits per heavy atom. The molecule has 0 aromatic heterocycles. The molecular formula is C41H48Cl2SiZr-4. The van der Waals surface area contributed by atoms with Crippen molar-refractivity contribution in [3.8, 4) is 22.3 Å². The molecule has 0 fully saturated rings. The predicted molar refractivity (Wildman–Crippen MR) is 205 cm³/mol. The maximum atomic E-state index is 3.06. The minimum absolute atomic E-state index is 0. The van der Waals surface area contributed by atoms with E-state index in [2.05, 4.69) is 150 Å². The van der Waals surface area contributed by atoms with Gasteiger partial charge in [0.15, 0.2) is 0 Å². The molecule has 0 atom stereocenters. The third kappa shape index (κ3) is 10.9. The molecule has 6 aromatic carbocycles. The zero-order valence-electron chi connectivity index (χ0n) is 27.7. The third-order valence-corrected chi connectivity index (χ3v) is 7.84. The molecule has 45 heavy (non-hydrogen) atoms. The molecule has 0 bridgehead atoms. The summed E-state index contributed by atoms with van der Waals surface area (Å²) in [6.07, 6.45) is 5.11. The van der Waals surface area contributed by atoms with Crippen LogP contribution in [0.3, 0.4) is 0 Å². The maximum absolute atomic E-state index is 3.06. The SMILES string of the molecule is CC(C)c1cc2c(-c3ccccc3)cccc2[cH-]1.CCCCCc1cc2c(-c3ccccc3)ccc(C)c2[cH-]1.Cl.Cl.[CH3-].[CH3-].[Si]=[Zr]. The molecule has 0 N–H and O–H groups in total. The topological polar surface area (TPSA) is 0 Å². The second kappa shape index (κ2) is 21.6. The standard InChI is InChI=1S/C21H23.C18H17.2CH3.2ClH.Si.Zr/c1-3-4-6-9-17-14-20-16(2)12-13-19(21(20)15-17)18-10-7-5-8-11-18;1-13(2)16-11-15-9-6-10-17(18(15)12-16)14-7-4-3-5-8-14;;;;;;/h5,7-8,10-15H,3-4,6,9H2,1-2H3;3-13H,1-2H3;2*1H3;2*1H;;/q4*-1;;;;. The molecule has 0 nitrogen and oxygen atoms in total. The van der Waals surface area contributed by atoms with Crippen molar-refractivity contribution < 1.29 is 23.3 Å². The molecule has 0 saturated carbocycles. The summed E-state index contributed by atoms with van der Waals surface area (Å²) in [6, 6.07) is 41.9. The van der Waals surface area contributed by atoms with Crippen LogP contribution < -0.4 is 0 Å². The number of fused-ring (bicyclic) bond motifs is 2. The zero-order chi connectivity index (χ0) is 29.2. The number of benzene rings is 4. The number of rotatable bonds is 7. The molecule has 0 aliphatic heterocycles. The Hall–Kier alpha value is -2.22. The Labute approximate surface area is 302 Å². The van der Waals surface area contributed by atoms with Gasteiger partial charge in [-0.2, -0.15) is 12.1 Å². The van der Waals surface area contributed by atoms with Gasteiger partial charge in [-0.05, 0) is 23.5 Å². The van der Waals surface area contributed by atoms with Gasteiger partial charge in [-0.3, -0.25) is 0 Å². The second-order valence-corrected chi connectivity index (χ2v) is 11.1. The summed E-state index contributed by atoms with van der Waals surface area (Å²) in [6.45, 7) is 12.0. The average Bonchev–Trinajstić information content (AvgIpc) is 3.65. The fourth-order valence-electron chi connectivity index (χ4n) is 5.56. The van der Waals surface area contributed by atoms with Crippen LogP contribution in [0.2, 0.25) is 0 Å². The van der Waals surface area contributed by atoms with Gasteiger partial charge in [0, 0.05) is 0 Å². The molecule has 238 valence electrons. The van der Waals surface area contributed by atoms with E-state index >= 15 is 0 Å². The molecule has 2 radical (unpaired) electrons. The second-order valence-electron chi connectivity index (χ2n) is 11.1. The van der Waals surface area contributed by atoms with Crippen molar-refractivity contribution in [1.82, 2.24) is 0 Å².